The molecular weight excluding hydrogens is 390 g/mol. The lowest BCUT2D eigenvalue weighted by atomic mass is 10.1. The largest absolute Gasteiger partial charge is 0.352 e. The zero-order valence-corrected chi connectivity index (χ0v) is 17.7. The molecule has 1 N–H and O–H groups in total. The van der Waals surface area contributed by atoms with Crippen molar-refractivity contribution in [1.82, 2.24) is 9.62 Å². The van der Waals surface area contributed by atoms with E-state index in [0.29, 0.717) is 25.2 Å². The Morgan fingerprint density at radius 3 is 2.38 bits per heavy atom. The highest BCUT2D eigenvalue weighted by molar-refractivity contribution is 7.89. The highest BCUT2D eigenvalue weighted by Crippen LogP contribution is 2.35. The fourth-order valence-corrected chi connectivity index (χ4v) is 6.38. The smallest absolute Gasteiger partial charge is 0.243 e. The molecule has 2 heterocycles. The van der Waals surface area contributed by atoms with Gasteiger partial charge in [0.1, 0.15) is 6.04 Å². The summed E-state index contributed by atoms with van der Waals surface area (Å²) in [5.74, 6) is -0.356. The van der Waals surface area contributed by atoms with Crippen LogP contribution in [-0.4, -0.2) is 49.7 Å². The Hall–Kier alpha value is -1.93. The van der Waals surface area contributed by atoms with Crippen molar-refractivity contribution >= 4 is 27.5 Å². The quantitative estimate of drug-likeness (QED) is 0.811. The lowest BCUT2D eigenvalue weighted by molar-refractivity contribution is -0.126. The predicted octanol–water partition coefficient (Wildman–Crippen LogP) is 2.20. The summed E-state index contributed by atoms with van der Waals surface area (Å²) in [5.41, 5.74) is 1.38. The van der Waals surface area contributed by atoms with Crippen molar-refractivity contribution in [2.45, 2.75) is 75.3 Å². The van der Waals surface area contributed by atoms with Crippen LogP contribution in [0.25, 0.3) is 0 Å². The summed E-state index contributed by atoms with van der Waals surface area (Å²) in [4.78, 5) is 27.0. The molecule has 0 spiro atoms. The van der Waals surface area contributed by atoms with E-state index in [1.165, 1.54) is 11.8 Å². The topological polar surface area (TPSA) is 86.8 Å². The molecule has 1 atom stereocenters. The molecule has 1 aromatic rings. The summed E-state index contributed by atoms with van der Waals surface area (Å²) in [6, 6.07) is 4.45. The monoisotopic (exact) mass is 419 g/mol. The van der Waals surface area contributed by atoms with Crippen LogP contribution in [0.2, 0.25) is 0 Å². The van der Waals surface area contributed by atoms with Crippen LogP contribution in [0.5, 0.6) is 0 Å². The van der Waals surface area contributed by atoms with Crippen molar-refractivity contribution in [1.29, 1.82) is 0 Å². The van der Waals surface area contributed by atoms with Crippen LogP contribution in [-0.2, 0) is 26.0 Å². The second-order valence-electron chi connectivity index (χ2n) is 8.35. The van der Waals surface area contributed by atoms with Crippen LogP contribution >= 0.6 is 0 Å². The summed E-state index contributed by atoms with van der Waals surface area (Å²) in [6.45, 7) is 2.54. The van der Waals surface area contributed by atoms with Crippen LogP contribution in [0.15, 0.2) is 23.1 Å². The van der Waals surface area contributed by atoms with Gasteiger partial charge in [-0.15, -0.1) is 0 Å². The number of fused-ring (bicyclic) bond motifs is 1. The Morgan fingerprint density at radius 2 is 1.72 bits per heavy atom. The summed E-state index contributed by atoms with van der Waals surface area (Å²) in [6.07, 6.45) is 7.34. The summed E-state index contributed by atoms with van der Waals surface area (Å²) < 4.78 is 27.6. The Kier molecular flexibility index (Phi) is 5.66. The molecule has 0 radical (unpaired) electrons. The van der Waals surface area contributed by atoms with Gasteiger partial charge in [0.05, 0.1) is 4.90 Å². The minimum absolute atomic E-state index is 0.149. The first-order chi connectivity index (χ1) is 13.9. The van der Waals surface area contributed by atoms with Crippen molar-refractivity contribution in [3.8, 4) is 0 Å². The number of nitrogens with zero attached hydrogens (tertiary/aromatic N) is 2. The van der Waals surface area contributed by atoms with Crippen LogP contribution in [0.4, 0.5) is 5.69 Å². The number of carbonyl (C=O) groups is 2. The van der Waals surface area contributed by atoms with Crippen molar-refractivity contribution in [2.75, 3.05) is 18.0 Å². The molecule has 0 unspecified atom stereocenters. The highest BCUT2D eigenvalue weighted by Gasteiger charge is 2.39. The number of nitrogens with one attached hydrogen (secondary N) is 1. The van der Waals surface area contributed by atoms with E-state index < -0.39 is 16.1 Å². The number of sulfonamides is 1. The lowest BCUT2D eigenvalue weighted by Gasteiger charge is -2.26. The molecule has 3 aliphatic rings. The van der Waals surface area contributed by atoms with Crippen LogP contribution in [0.1, 0.15) is 57.4 Å². The third-order valence-electron chi connectivity index (χ3n) is 6.33. The molecule has 0 aromatic heterocycles. The summed E-state index contributed by atoms with van der Waals surface area (Å²) in [5, 5.41) is 3.08. The Morgan fingerprint density at radius 1 is 1.03 bits per heavy atom. The molecular formula is C21H29N3O4S. The van der Waals surface area contributed by atoms with Gasteiger partial charge < -0.3 is 5.32 Å². The highest BCUT2D eigenvalue weighted by atomic mass is 32.2. The Bertz CT molecular complexity index is 903. The SMILES string of the molecule is CC(=O)N1c2ccc(S(=O)(=O)N3CCCCC3)cc2C[C@H]1C(=O)NC1CCCC1. The molecule has 1 aliphatic carbocycles. The van der Waals surface area contributed by atoms with Crippen molar-refractivity contribution < 1.29 is 18.0 Å². The van der Waals surface area contributed by atoms with E-state index in [1.54, 1.807) is 22.5 Å². The van der Waals surface area contributed by atoms with Gasteiger partial charge in [0, 0.05) is 38.2 Å². The first kappa shape index (κ1) is 20.3. The number of hydrogen-bond donors (Lipinski definition) is 1. The van der Waals surface area contributed by atoms with E-state index in [4.69, 9.17) is 0 Å². The van der Waals surface area contributed by atoms with E-state index >= 15 is 0 Å². The van der Waals surface area contributed by atoms with Gasteiger partial charge in [-0.1, -0.05) is 19.3 Å². The maximum absolute atomic E-state index is 13.0. The van der Waals surface area contributed by atoms with Gasteiger partial charge >= 0.3 is 0 Å². The lowest BCUT2D eigenvalue weighted by Crippen LogP contribution is -2.49. The number of rotatable bonds is 4. The zero-order chi connectivity index (χ0) is 20.6. The molecule has 1 saturated carbocycles. The molecule has 7 nitrogen and oxygen atoms in total. The maximum atomic E-state index is 13.0. The number of carbonyl (C=O) groups excluding carboxylic acids is 2. The molecule has 29 heavy (non-hydrogen) atoms. The standard InChI is InChI=1S/C21H29N3O4S/c1-15(25)24-19-10-9-18(29(27,28)23-11-5-2-6-12-23)13-16(19)14-20(24)21(26)22-17-7-3-4-8-17/h9-10,13,17,20H,2-8,11-12,14H2,1H3,(H,22,26)/t20-/m0/s1. The van der Waals surface area contributed by atoms with Gasteiger partial charge in [-0.2, -0.15) is 4.31 Å². The Balaban J connectivity index is 1.59. The second kappa shape index (κ2) is 8.07. The molecule has 2 fully saturated rings. The maximum Gasteiger partial charge on any atom is 0.243 e. The third kappa shape index (κ3) is 3.92. The number of anilines is 1. The predicted molar refractivity (Wildman–Crippen MR) is 110 cm³/mol. The van der Waals surface area contributed by atoms with Gasteiger partial charge in [-0.05, 0) is 49.4 Å². The first-order valence-electron chi connectivity index (χ1n) is 10.6. The second-order valence-corrected chi connectivity index (χ2v) is 10.3. The van der Waals surface area contributed by atoms with Gasteiger partial charge in [0.2, 0.25) is 21.8 Å². The number of hydrogen-bond acceptors (Lipinski definition) is 4. The van der Waals surface area contributed by atoms with Crippen molar-refractivity contribution in [2.24, 2.45) is 0 Å². The number of piperidine rings is 1. The normalized spacial score (nSPS) is 23.2. The average Bonchev–Trinajstić information content (AvgIpc) is 3.35. The van der Waals surface area contributed by atoms with E-state index in [1.807, 2.05) is 0 Å². The van der Waals surface area contributed by atoms with E-state index in [-0.39, 0.29) is 22.8 Å². The Labute approximate surface area is 172 Å². The van der Waals surface area contributed by atoms with E-state index in [9.17, 15) is 18.0 Å². The fraction of sp³-hybridized carbons (Fsp3) is 0.619. The van der Waals surface area contributed by atoms with E-state index in [0.717, 1.165) is 50.5 Å². The first-order valence-corrected chi connectivity index (χ1v) is 12.0. The number of amides is 2. The third-order valence-corrected chi connectivity index (χ3v) is 8.23. The van der Waals surface area contributed by atoms with Gasteiger partial charge in [0.15, 0.2) is 0 Å². The number of benzene rings is 1. The van der Waals surface area contributed by atoms with Gasteiger partial charge in [-0.3, -0.25) is 14.5 Å². The van der Waals surface area contributed by atoms with Crippen molar-refractivity contribution in [3.05, 3.63) is 23.8 Å². The van der Waals surface area contributed by atoms with Crippen LogP contribution < -0.4 is 10.2 Å². The van der Waals surface area contributed by atoms with Crippen LogP contribution in [0, 0.1) is 0 Å². The minimum atomic E-state index is -3.55. The molecule has 2 amide bonds. The summed E-state index contributed by atoms with van der Waals surface area (Å²) in [7, 11) is -3.55. The molecule has 1 aromatic carbocycles. The average molecular weight is 420 g/mol. The minimum Gasteiger partial charge on any atom is -0.352 e. The van der Waals surface area contributed by atoms with Gasteiger partial charge in [0.25, 0.3) is 0 Å². The molecule has 158 valence electrons. The zero-order valence-electron chi connectivity index (χ0n) is 16.9. The molecule has 8 heteroatoms. The molecule has 0 bridgehead atoms. The van der Waals surface area contributed by atoms with Crippen molar-refractivity contribution in [3.63, 3.8) is 0 Å². The van der Waals surface area contributed by atoms with Crippen LogP contribution in [0.3, 0.4) is 0 Å². The van der Waals surface area contributed by atoms with E-state index in [2.05, 4.69) is 5.32 Å². The molecule has 1 saturated heterocycles. The fourth-order valence-electron chi connectivity index (χ4n) is 4.81. The van der Waals surface area contributed by atoms with Gasteiger partial charge in [-0.25, -0.2) is 8.42 Å². The summed E-state index contributed by atoms with van der Waals surface area (Å²) >= 11 is 0. The molecule has 4 rings (SSSR count). The molecule has 2 aliphatic heterocycles.